The highest BCUT2D eigenvalue weighted by molar-refractivity contribution is 5.96. The van der Waals surface area contributed by atoms with Crippen LogP contribution in [0.25, 0.3) is 10.9 Å². The molecule has 0 spiro atoms. The van der Waals surface area contributed by atoms with Crippen LogP contribution in [-0.4, -0.2) is 29.0 Å². The van der Waals surface area contributed by atoms with Crippen LogP contribution in [0.5, 0.6) is 0 Å². The molecule has 0 radical (unpaired) electrons. The lowest BCUT2D eigenvalue weighted by Crippen LogP contribution is -2.38. The lowest BCUT2D eigenvalue weighted by Gasteiger charge is -2.25. The maximum absolute atomic E-state index is 11.1. The second kappa shape index (κ2) is 5.42. The van der Waals surface area contributed by atoms with Crippen LogP contribution in [0.15, 0.2) is 30.5 Å². The first-order valence-electron chi connectivity index (χ1n) is 6.75. The molecule has 2 heterocycles. The number of hydrogen-bond acceptors (Lipinski definition) is 5. The van der Waals surface area contributed by atoms with Gasteiger partial charge in [0.1, 0.15) is 5.52 Å². The molecule has 1 aliphatic rings. The summed E-state index contributed by atoms with van der Waals surface area (Å²) in [5, 5.41) is 18.4. The van der Waals surface area contributed by atoms with E-state index in [1.807, 2.05) is 0 Å². The Labute approximate surface area is 116 Å². The topological polar surface area (TPSA) is 80.1 Å². The van der Waals surface area contributed by atoms with Crippen LogP contribution in [0.2, 0.25) is 0 Å². The van der Waals surface area contributed by atoms with Gasteiger partial charge in [-0.25, -0.2) is 0 Å². The third-order valence-corrected chi connectivity index (χ3v) is 3.60. The third-order valence-electron chi connectivity index (χ3n) is 3.60. The van der Waals surface area contributed by atoms with E-state index in [0.29, 0.717) is 16.9 Å². The standard InChI is InChI=1S/C14H16N4O2/c19-18(20)13-6-5-12(14-11(13)4-2-8-16-14)17-10-3-1-7-15-9-10/h2,4-6,8,10,15,17H,1,3,7,9H2. The first kappa shape index (κ1) is 12.8. The van der Waals surface area contributed by atoms with Crippen LogP contribution in [0.3, 0.4) is 0 Å². The highest BCUT2D eigenvalue weighted by atomic mass is 16.6. The second-order valence-electron chi connectivity index (χ2n) is 4.98. The minimum Gasteiger partial charge on any atom is -0.379 e. The Morgan fingerprint density at radius 3 is 3.05 bits per heavy atom. The summed E-state index contributed by atoms with van der Waals surface area (Å²) >= 11 is 0. The number of nitrogens with one attached hydrogen (secondary N) is 2. The predicted molar refractivity (Wildman–Crippen MR) is 77.9 cm³/mol. The van der Waals surface area contributed by atoms with Gasteiger partial charge in [-0.05, 0) is 37.6 Å². The summed E-state index contributed by atoms with van der Waals surface area (Å²) in [7, 11) is 0. The van der Waals surface area contributed by atoms with E-state index in [9.17, 15) is 10.1 Å². The Morgan fingerprint density at radius 1 is 1.40 bits per heavy atom. The van der Waals surface area contributed by atoms with Gasteiger partial charge < -0.3 is 10.6 Å². The van der Waals surface area contributed by atoms with Gasteiger partial charge in [-0.2, -0.15) is 0 Å². The van der Waals surface area contributed by atoms with Crippen LogP contribution in [0.4, 0.5) is 11.4 Å². The van der Waals surface area contributed by atoms with Gasteiger partial charge in [0.25, 0.3) is 5.69 Å². The van der Waals surface area contributed by atoms with Crippen molar-refractivity contribution in [1.82, 2.24) is 10.3 Å². The van der Waals surface area contributed by atoms with Gasteiger partial charge in [-0.1, -0.05) is 0 Å². The SMILES string of the molecule is O=[N+]([O-])c1ccc(NC2CCCNC2)c2ncccc12. The second-order valence-corrected chi connectivity index (χ2v) is 4.98. The molecule has 1 unspecified atom stereocenters. The van der Waals surface area contributed by atoms with Crippen LogP contribution in [0.1, 0.15) is 12.8 Å². The molecule has 6 heteroatoms. The lowest BCUT2D eigenvalue weighted by molar-refractivity contribution is -0.383. The molecule has 1 fully saturated rings. The summed E-state index contributed by atoms with van der Waals surface area (Å²) in [6.07, 6.45) is 3.89. The number of non-ortho nitro benzene ring substituents is 1. The van der Waals surface area contributed by atoms with Crippen molar-refractivity contribution in [3.05, 3.63) is 40.6 Å². The number of piperidine rings is 1. The summed E-state index contributed by atoms with van der Waals surface area (Å²) in [6.45, 7) is 1.96. The van der Waals surface area contributed by atoms with Crippen molar-refractivity contribution in [2.75, 3.05) is 18.4 Å². The fourth-order valence-corrected chi connectivity index (χ4v) is 2.63. The zero-order chi connectivity index (χ0) is 13.9. The summed E-state index contributed by atoms with van der Waals surface area (Å²) in [5.74, 6) is 0. The van der Waals surface area contributed by atoms with Crippen molar-refractivity contribution in [1.29, 1.82) is 0 Å². The average molecular weight is 272 g/mol. The van der Waals surface area contributed by atoms with E-state index in [4.69, 9.17) is 0 Å². The van der Waals surface area contributed by atoms with Gasteiger partial charge >= 0.3 is 0 Å². The number of benzene rings is 1. The molecule has 2 aromatic rings. The van der Waals surface area contributed by atoms with E-state index in [1.165, 1.54) is 0 Å². The number of hydrogen-bond donors (Lipinski definition) is 2. The number of pyridine rings is 1. The highest BCUT2D eigenvalue weighted by Gasteiger charge is 2.18. The van der Waals surface area contributed by atoms with E-state index in [0.717, 1.165) is 31.6 Å². The molecule has 0 aliphatic carbocycles. The van der Waals surface area contributed by atoms with Crippen molar-refractivity contribution in [2.45, 2.75) is 18.9 Å². The van der Waals surface area contributed by atoms with Crippen molar-refractivity contribution in [3.63, 3.8) is 0 Å². The number of anilines is 1. The first-order chi connectivity index (χ1) is 9.75. The summed E-state index contributed by atoms with van der Waals surface area (Å²) < 4.78 is 0. The molecule has 1 aromatic carbocycles. The maximum atomic E-state index is 11.1. The Bertz CT molecular complexity index is 638. The molecule has 3 rings (SSSR count). The quantitative estimate of drug-likeness (QED) is 0.662. The van der Waals surface area contributed by atoms with E-state index in [1.54, 1.807) is 30.5 Å². The van der Waals surface area contributed by atoms with Gasteiger partial charge in [0, 0.05) is 24.8 Å². The number of nitro benzene ring substituents is 1. The number of fused-ring (bicyclic) bond motifs is 1. The van der Waals surface area contributed by atoms with Gasteiger partial charge in [0.2, 0.25) is 0 Å². The number of nitro groups is 1. The normalized spacial score (nSPS) is 18.9. The molecule has 1 atom stereocenters. The van der Waals surface area contributed by atoms with E-state index in [2.05, 4.69) is 15.6 Å². The van der Waals surface area contributed by atoms with Crippen molar-refractivity contribution < 1.29 is 4.92 Å². The minimum absolute atomic E-state index is 0.0976. The Hall–Kier alpha value is -2.21. The van der Waals surface area contributed by atoms with Crippen molar-refractivity contribution in [3.8, 4) is 0 Å². The van der Waals surface area contributed by atoms with Crippen LogP contribution in [-0.2, 0) is 0 Å². The number of aromatic nitrogens is 1. The predicted octanol–water partition coefficient (Wildman–Crippen LogP) is 2.31. The van der Waals surface area contributed by atoms with Crippen molar-refractivity contribution in [2.24, 2.45) is 0 Å². The molecule has 0 saturated carbocycles. The Morgan fingerprint density at radius 2 is 2.30 bits per heavy atom. The van der Waals surface area contributed by atoms with Crippen LogP contribution >= 0.6 is 0 Å². The first-order valence-corrected chi connectivity index (χ1v) is 6.75. The molecule has 1 aromatic heterocycles. The molecule has 1 aliphatic heterocycles. The monoisotopic (exact) mass is 272 g/mol. The average Bonchev–Trinajstić information content (AvgIpc) is 2.48. The summed E-state index contributed by atoms with van der Waals surface area (Å²) in [4.78, 5) is 15.0. The van der Waals surface area contributed by atoms with E-state index >= 15 is 0 Å². The zero-order valence-corrected chi connectivity index (χ0v) is 11.0. The Balaban J connectivity index is 1.99. The van der Waals surface area contributed by atoms with Crippen molar-refractivity contribution >= 4 is 22.3 Å². The molecule has 2 N–H and O–H groups in total. The third kappa shape index (κ3) is 2.42. The molecule has 0 bridgehead atoms. The van der Waals surface area contributed by atoms with Gasteiger partial charge in [-0.15, -0.1) is 0 Å². The van der Waals surface area contributed by atoms with E-state index in [-0.39, 0.29) is 10.6 Å². The van der Waals surface area contributed by atoms with Gasteiger partial charge in [0.05, 0.1) is 16.0 Å². The molecular weight excluding hydrogens is 256 g/mol. The smallest absolute Gasteiger partial charge is 0.278 e. The van der Waals surface area contributed by atoms with E-state index < -0.39 is 0 Å². The summed E-state index contributed by atoms with van der Waals surface area (Å²) in [5.41, 5.74) is 1.62. The fraction of sp³-hybridized carbons (Fsp3) is 0.357. The molecular formula is C14H16N4O2. The van der Waals surface area contributed by atoms with Gasteiger partial charge in [0.15, 0.2) is 0 Å². The number of rotatable bonds is 3. The highest BCUT2D eigenvalue weighted by Crippen LogP contribution is 2.30. The lowest BCUT2D eigenvalue weighted by atomic mass is 10.1. The molecule has 20 heavy (non-hydrogen) atoms. The minimum atomic E-state index is -0.365. The van der Waals surface area contributed by atoms with Crippen LogP contribution < -0.4 is 10.6 Å². The van der Waals surface area contributed by atoms with Crippen LogP contribution in [0, 0.1) is 10.1 Å². The van der Waals surface area contributed by atoms with Gasteiger partial charge in [-0.3, -0.25) is 15.1 Å². The summed E-state index contributed by atoms with van der Waals surface area (Å²) in [6, 6.07) is 7.10. The maximum Gasteiger partial charge on any atom is 0.278 e. The Kier molecular flexibility index (Phi) is 3.47. The zero-order valence-electron chi connectivity index (χ0n) is 11.0. The molecule has 6 nitrogen and oxygen atoms in total. The largest absolute Gasteiger partial charge is 0.379 e. The molecule has 1 saturated heterocycles. The molecule has 0 amide bonds. The fourth-order valence-electron chi connectivity index (χ4n) is 2.63. The molecule has 104 valence electrons. The number of nitrogens with zero attached hydrogens (tertiary/aromatic N) is 2.